The van der Waals surface area contributed by atoms with Crippen LogP contribution in [0.3, 0.4) is 0 Å². The summed E-state index contributed by atoms with van der Waals surface area (Å²) in [5.74, 6) is 0.585. The second-order valence-corrected chi connectivity index (χ2v) is 7.54. The Kier molecular flexibility index (Phi) is 6.65. The topological polar surface area (TPSA) is 88.8 Å². The van der Waals surface area contributed by atoms with Gasteiger partial charge in [-0.25, -0.2) is 0 Å². The van der Waals surface area contributed by atoms with Gasteiger partial charge in [0, 0.05) is 36.3 Å². The Balaban J connectivity index is 1.22. The van der Waals surface area contributed by atoms with E-state index in [2.05, 4.69) is 5.32 Å². The minimum Gasteiger partial charge on any atom is -0.461 e. The molecule has 0 aliphatic carbocycles. The lowest BCUT2D eigenvalue weighted by Gasteiger charge is -2.16. The predicted octanol–water partition coefficient (Wildman–Crippen LogP) is 4.19. The van der Waals surface area contributed by atoms with E-state index in [-0.39, 0.29) is 18.9 Å². The fourth-order valence-electron chi connectivity index (χ4n) is 3.58. The van der Waals surface area contributed by atoms with Crippen LogP contribution in [0.1, 0.15) is 25.0 Å². The molecule has 0 spiro atoms. The number of esters is 1. The maximum Gasteiger partial charge on any atom is 0.306 e. The van der Waals surface area contributed by atoms with Crippen LogP contribution in [0.15, 0.2) is 71.1 Å². The molecule has 1 aliphatic rings. The summed E-state index contributed by atoms with van der Waals surface area (Å²) in [6, 6.07) is 20.5. The zero-order valence-electron chi connectivity index (χ0n) is 17.6. The zero-order chi connectivity index (χ0) is 22.3. The Hall–Kier alpha value is -3.87. The van der Waals surface area contributed by atoms with Crippen LogP contribution in [0.4, 0.5) is 11.4 Å². The van der Waals surface area contributed by atoms with E-state index in [0.717, 1.165) is 23.4 Å². The summed E-state index contributed by atoms with van der Waals surface area (Å²) in [4.78, 5) is 37.8. The first-order chi connectivity index (χ1) is 15.6. The number of benzene rings is 2. The highest BCUT2D eigenvalue weighted by atomic mass is 16.5. The summed E-state index contributed by atoms with van der Waals surface area (Å²) in [6.07, 6.45) is 1.87. The highest BCUT2D eigenvalue weighted by molar-refractivity contribution is 5.97. The molecular formula is C25H24N2O5. The molecule has 2 heterocycles. The standard InChI is InChI=1S/C25H24N2O5/c28-23(26-19-8-4-9-20(16-19)27-15-5-10-24(27)29)17-31-25(30)14-12-21-11-13-22(32-21)18-6-2-1-3-7-18/h1-4,6-9,11,13,16H,5,10,12,14-15,17H2,(H,26,28). The molecule has 164 valence electrons. The van der Waals surface area contributed by atoms with E-state index in [1.807, 2.05) is 48.5 Å². The van der Waals surface area contributed by atoms with E-state index >= 15 is 0 Å². The van der Waals surface area contributed by atoms with Gasteiger partial charge in [0.05, 0.1) is 6.42 Å². The van der Waals surface area contributed by atoms with Crippen LogP contribution in [0.5, 0.6) is 0 Å². The van der Waals surface area contributed by atoms with Gasteiger partial charge < -0.3 is 19.4 Å². The molecule has 7 heteroatoms. The molecule has 4 rings (SSSR count). The van der Waals surface area contributed by atoms with Gasteiger partial charge in [-0.15, -0.1) is 0 Å². The minimum atomic E-state index is -0.478. The average molecular weight is 432 g/mol. The van der Waals surface area contributed by atoms with Crippen molar-refractivity contribution in [2.75, 3.05) is 23.4 Å². The Morgan fingerprint density at radius 1 is 1.03 bits per heavy atom. The van der Waals surface area contributed by atoms with Crippen molar-refractivity contribution in [1.82, 2.24) is 0 Å². The van der Waals surface area contributed by atoms with Crippen molar-refractivity contribution in [3.63, 3.8) is 0 Å². The van der Waals surface area contributed by atoms with E-state index in [4.69, 9.17) is 9.15 Å². The normalized spacial score (nSPS) is 13.2. The third-order valence-corrected chi connectivity index (χ3v) is 5.17. The molecule has 32 heavy (non-hydrogen) atoms. The molecule has 1 aliphatic heterocycles. The summed E-state index contributed by atoms with van der Waals surface area (Å²) < 4.78 is 10.8. The molecule has 0 radical (unpaired) electrons. The lowest BCUT2D eigenvalue weighted by Crippen LogP contribution is -2.24. The van der Waals surface area contributed by atoms with Gasteiger partial charge in [0.1, 0.15) is 11.5 Å². The number of furan rings is 1. The molecule has 1 aromatic heterocycles. The van der Waals surface area contributed by atoms with Crippen LogP contribution < -0.4 is 10.2 Å². The van der Waals surface area contributed by atoms with Crippen LogP contribution in [-0.2, 0) is 25.5 Å². The van der Waals surface area contributed by atoms with Gasteiger partial charge in [-0.1, -0.05) is 36.4 Å². The summed E-state index contributed by atoms with van der Waals surface area (Å²) in [5, 5.41) is 2.70. The number of amides is 2. The molecule has 1 fully saturated rings. The Labute approximate surface area is 186 Å². The molecule has 2 aromatic carbocycles. The van der Waals surface area contributed by atoms with Crippen LogP contribution in [0.2, 0.25) is 0 Å². The number of nitrogens with zero attached hydrogens (tertiary/aromatic N) is 1. The van der Waals surface area contributed by atoms with Crippen LogP contribution >= 0.6 is 0 Å². The van der Waals surface area contributed by atoms with E-state index in [0.29, 0.717) is 30.8 Å². The maximum absolute atomic E-state index is 12.2. The first-order valence-electron chi connectivity index (χ1n) is 10.6. The van der Waals surface area contributed by atoms with Gasteiger partial charge in [-0.2, -0.15) is 0 Å². The minimum absolute atomic E-state index is 0.0786. The molecule has 1 saturated heterocycles. The van der Waals surface area contributed by atoms with E-state index in [1.54, 1.807) is 23.1 Å². The predicted molar refractivity (Wildman–Crippen MR) is 120 cm³/mol. The second kappa shape index (κ2) is 9.96. The molecule has 7 nitrogen and oxygen atoms in total. The largest absolute Gasteiger partial charge is 0.461 e. The van der Waals surface area contributed by atoms with Crippen molar-refractivity contribution < 1.29 is 23.5 Å². The van der Waals surface area contributed by atoms with Crippen molar-refractivity contribution in [1.29, 1.82) is 0 Å². The number of hydrogen-bond donors (Lipinski definition) is 1. The molecule has 0 unspecified atom stereocenters. The Morgan fingerprint density at radius 3 is 2.66 bits per heavy atom. The number of nitrogens with one attached hydrogen (secondary N) is 1. The first kappa shape index (κ1) is 21.4. The summed E-state index contributed by atoms with van der Waals surface area (Å²) >= 11 is 0. The van der Waals surface area contributed by atoms with Crippen LogP contribution in [-0.4, -0.2) is 30.9 Å². The summed E-state index contributed by atoms with van der Waals surface area (Å²) in [7, 11) is 0. The maximum atomic E-state index is 12.2. The van der Waals surface area contributed by atoms with Gasteiger partial charge in [0.25, 0.3) is 5.91 Å². The number of anilines is 2. The number of ether oxygens (including phenoxy) is 1. The molecule has 1 N–H and O–H groups in total. The lowest BCUT2D eigenvalue weighted by atomic mass is 10.2. The Bertz CT molecular complexity index is 1110. The van der Waals surface area contributed by atoms with Crippen molar-refractivity contribution >= 4 is 29.2 Å². The van der Waals surface area contributed by atoms with Gasteiger partial charge in [0.2, 0.25) is 5.91 Å². The zero-order valence-corrected chi connectivity index (χ0v) is 17.6. The number of hydrogen-bond acceptors (Lipinski definition) is 5. The smallest absolute Gasteiger partial charge is 0.306 e. The Morgan fingerprint density at radius 2 is 1.88 bits per heavy atom. The fourth-order valence-corrected chi connectivity index (χ4v) is 3.58. The van der Waals surface area contributed by atoms with Gasteiger partial charge >= 0.3 is 5.97 Å². The van der Waals surface area contributed by atoms with Crippen molar-refractivity contribution in [2.45, 2.75) is 25.7 Å². The average Bonchev–Trinajstić information content (AvgIpc) is 3.46. The molecule has 0 atom stereocenters. The van der Waals surface area contributed by atoms with Crippen molar-refractivity contribution in [3.05, 3.63) is 72.5 Å². The van der Waals surface area contributed by atoms with E-state index in [9.17, 15) is 14.4 Å². The SMILES string of the molecule is O=C(COC(=O)CCc1ccc(-c2ccccc2)o1)Nc1cccc(N2CCCC2=O)c1. The third-order valence-electron chi connectivity index (χ3n) is 5.17. The summed E-state index contributed by atoms with van der Waals surface area (Å²) in [6.45, 7) is 0.301. The summed E-state index contributed by atoms with van der Waals surface area (Å²) in [5.41, 5.74) is 2.26. The fraction of sp³-hybridized carbons (Fsp3) is 0.240. The van der Waals surface area contributed by atoms with E-state index in [1.165, 1.54) is 0 Å². The number of aryl methyl sites for hydroxylation is 1. The molecular weight excluding hydrogens is 408 g/mol. The second-order valence-electron chi connectivity index (χ2n) is 7.54. The molecule has 2 amide bonds. The van der Waals surface area contributed by atoms with Crippen molar-refractivity contribution in [2.24, 2.45) is 0 Å². The van der Waals surface area contributed by atoms with Gasteiger partial charge in [0.15, 0.2) is 6.61 Å². The van der Waals surface area contributed by atoms with Crippen molar-refractivity contribution in [3.8, 4) is 11.3 Å². The third kappa shape index (κ3) is 5.43. The quantitative estimate of drug-likeness (QED) is 0.539. The van der Waals surface area contributed by atoms with Crippen LogP contribution in [0.25, 0.3) is 11.3 Å². The number of carbonyl (C=O) groups is 3. The molecule has 0 saturated carbocycles. The highest BCUT2D eigenvalue weighted by Gasteiger charge is 2.21. The van der Waals surface area contributed by atoms with Crippen LogP contribution in [0, 0.1) is 0 Å². The lowest BCUT2D eigenvalue weighted by molar-refractivity contribution is -0.147. The number of rotatable bonds is 8. The van der Waals surface area contributed by atoms with E-state index < -0.39 is 11.9 Å². The number of carbonyl (C=O) groups excluding carboxylic acids is 3. The first-order valence-corrected chi connectivity index (χ1v) is 10.6. The monoisotopic (exact) mass is 432 g/mol. The molecule has 3 aromatic rings. The molecule has 0 bridgehead atoms. The highest BCUT2D eigenvalue weighted by Crippen LogP contribution is 2.24. The van der Waals surface area contributed by atoms with Gasteiger partial charge in [-0.05, 0) is 36.8 Å². The van der Waals surface area contributed by atoms with Gasteiger partial charge in [-0.3, -0.25) is 14.4 Å².